The molecule has 2 N–H and O–H groups in total. The van der Waals surface area contributed by atoms with Gasteiger partial charge in [0.05, 0.1) is 19.8 Å². The van der Waals surface area contributed by atoms with Gasteiger partial charge in [-0.05, 0) is 6.92 Å². The van der Waals surface area contributed by atoms with Crippen LogP contribution in [0.2, 0.25) is 0 Å². The van der Waals surface area contributed by atoms with Crippen LogP contribution >= 0.6 is 0 Å². The van der Waals surface area contributed by atoms with E-state index >= 15 is 0 Å². The smallest absolute Gasteiger partial charge is 0.229 e. The molecule has 0 saturated carbocycles. The highest BCUT2D eigenvalue weighted by molar-refractivity contribution is 5.56. The Bertz CT molecular complexity index is 97.7. The first-order valence-electron chi connectivity index (χ1n) is 3.58. The minimum Gasteiger partial charge on any atom is -0.378 e. The Kier molecular flexibility index (Phi) is 7.34. The predicted molar refractivity (Wildman–Crippen MR) is 41.0 cm³/mol. The quantitative estimate of drug-likeness (QED) is 0.509. The van der Waals surface area contributed by atoms with Crippen LogP contribution in [0.4, 0.5) is 0 Å². The molecule has 0 rings (SSSR count). The van der Waals surface area contributed by atoms with Gasteiger partial charge in [-0.15, -0.1) is 0 Å². The molecular weight excluding hydrogens is 146 g/mol. The van der Waals surface area contributed by atoms with Crippen molar-refractivity contribution in [3.8, 4) is 0 Å². The molecule has 4 nitrogen and oxygen atoms in total. The Balaban J connectivity index is 2.95. The summed E-state index contributed by atoms with van der Waals surface area (Å²) in [6, 6.07) is 0. The van der Waals surface area contributed by atoms with Crippen LogP contribution in [0.15, 0.2) is 0 Å². The monoisotopic (exact) mass is 160 g/mol. The second-order valence-electron chi connectivity index (χ2n) is 2.03. The summed E-state index contributed by atoms with van der Waals surface area (Å²) < 4.78 is 9.95. The molecule has 0 heterocycles. The Morgan fingerprint density at radius 3 is 2.73 bits per heavy atom. The number of hydrogen-bond acceptors (Lipinski definition) is 4. The number of nitrogens with two attached hydrogens (primary N) is 1. The van der Waals surface area contributed by atoms with Crippen molar-refractivity contribution in [3.05, 3.63) is 0 Å². The van der Waals surface area contributed by atoms with Crippen molar-refractivity contribution in [3.63, 3.8) is 0 Å². The molecule has 0 spiro atoms. The zero-order chi connectivity index (χ0) is 8.53. The number of carbonyl (C=O) groups excluding carboxylic acids is 1. The Morgan fingerprint density at radius 1 is 1.45 bits per heavy atom. The molecule has 0 fully saturated rings. The molecule has 1 atom stereocenters. The van der Waals surface area contributed by atoms with Crippen molar-refractivity contribution in [1.82, 2.24) is 0 Å². The molecule has 0 amide bonds. The van der Waals surface area contributed by atoms with Crippen molar-refractivity contribution in [2.45, 2.75) is 13.0 Å². The van der Waals surface area contributed by atoms with Gasteiger partial charge in [0.1, 0.15) is 6.10 Å². The van der Waals surface area contributed by atoms with Gasteiger partial charge >= 0.3 is 0 Å². The topological polar surface area (TPSA) is 61.5 Å². The number of ether oxygens (including phenoxy) is 2. The summed E-state index contributed by atoms with van der Waals surface area (Å²) in [6.07, 6.45) is 1.24. The second kappa shape index (κ2) is 7.65. The summed E-state index contributed by atoms with van der Waals surface area (Å²) in [5.74, 6) is 0. The fraction of sp³-hybridized carbons (Fsp3) is 0.857. The van der Waals surface area contributed by atoms with Gasteiger partial charge < -0.3 is 15.2 Å². The summed E-state index contributed by atoms with van der Waals surface area (Å²) in [6.45, 7) is 3.56. The van der Waals surface area contributed by atoms with Crippen LogP contribution in [-0.4, -0.2) is 38.8 Å². The zero-order valence-corrected chi connectivity index (χ0v) is 6.71. The van der Waals surface area contributed by atoms with E-state index in [9.17, 15) is 4.79 Å². The summed E-state index contributed by atoms with van der Waals surface area (Å²) in [5.41, 5.74) is 5.17. The van der Waals surface area contributed by atoms with Gasteiger partial charge in [0, 0.05) is 6.54 Å². The lowest BCUT2D eigenvalue weighted by Crippen LogP contribution is -2.16. The van der Waals surface area contributed by atoms with E-state index in [1.807, 2.05) is 0 Å². The molecule has 0 aromatic carbocycles. The van der Waals surface area contributed by atoms with E-state index in [1.165, 1.54) is 0 Å². The second-order valence-corrected chi connectivity index (χ2v) is 2.03. The molecule has 11 heavy (non-hydrogen) atoms. The van der Waals surface area contributed by atoms with Crippen molar-refractivity contribution in [2.24, 2.45) is 5.73 Å². The van der Waals surface area contributed by atoms with Gasteiger partial charge in [0.15, 0.2) is 0 Å². The largest absolute Gasteiger partial charge is 0.378 e. The van der Waals surface area contributed by atoms with Crippen LogP contribution < -0.4 is 5.73 Å². The van der Waals surface area contributed by atoms with E-state index in [-0.39, 0.29) is 0 Å². The van der Waals surface area contributed by atoms with Crippen molar-refractivity contribution >= 4 is 6.29 Å². The third-order valence-corrected chi connectivity index (χ3v) is 1.02. The van der Waals surface area contributed by atoms with E-state index in [2.05, 4.69) is 0 Å². The van der Waals surface area contributed by atoms with Crippen LogP contribution in [-0.2, 0) is 14.3 Å². The summed E-state index contributed by atoms with van der Waals surface area (Å²) >= 11 is 0. The van der Waals surface area contributed by atoms with Crippen LogP contribution in [0.1, 0.15) is 6.92 Å². The van der Waals surface area contributed by atoms with Gasteiger partial charge in [0.2, 0.25) is 6.29 Å². The Hall–Kier alpha value is -0.450. The van der Waals surface area contributed by atoms with Crippen molar-refractivity contribution in [1.29, 1.82) is 0 Å². The third kappa shape index (κ3) is 7.45. The molecule has 0 aromatic heterocycles. The maximum Gasteiger partial charge on any atom is 0.229 e. The molecule has 0 bridgehead atoms. The molecule has 0 aliphatic carbocycles. The highest BCUT2D eigenvalue weighted by Gasteiger charge is 1.98. The van der Waals surface area contributed by atoms with Crippen molar-refractivity contribution < 1.29 is 14.3 Å². The first-order chi connectivity index (χ1) is 5.31. The first kappa shape index (κ1) is 10.6. The summed E-state index contributed by atoms with van der Waals surface area (Å²) in [4.78, 5) is 9.91. The van der Waals surface area contributed by atoms with E-state index in [1.54, 1.807) is 13.2 Å². The minimum atomic E-state index is -0.462. The Labute approximate surface area is 66.7 Å². The Morgan fingerprint density at radius 2 is 2.18 bits per heavy atom. The fourth-order valence-corrected chi connectivity index (χ4v) is 0.503. The van der Waals surface area contributed by atoms with Gasteiger partial charge in [-0.2, -0.15) is 0 Å². The van der Waals surface area contributed by atoms with Crippen LogP contribution in [0, 0.1) is 0 Å². The van der Waals surface area contributed by atoms with Gasteiger partial charge in [-0.25, -0.2) is 0 Å². The predicted octanol–water partition coefficient (Wildman–Crippen LogP) is -0.523. The van der Waals surface area contributed by atoms with Gasteiger partial charge in [-0.1, -0.05) is 0 Å². The molecule has 1 unspecified atom stereocenters. The average Bonchev–Trinajstić information content (AvgIpc) is 2.04. The third-order valence-electron chi connectivity index (χ3n) is 1.02. The number of hydrogen-bond donors (Lipinski definition) is 1. The van der Waals surface area contributed by atoms with Gasteiger partial charge in [-0.3, -0.25) is 4.79 Å². The maximum atomic E-state index is 9.91. The van der Waals surface area contributed by atoms with Crippen LogP contribution in [0.5, 0.6) is 0 Å². The molecule has 0 saturated heterocycles. The lowest BCUT2D eigenvalue weighted by Gasteiger charge is -2.05. The fourth-order valence-electron chi connectivity index (χ4n) is 0.503. The zero-order valence-electron chi connectivity index (χ0n) is 6.71. The lowest BCUT2D eigenvalue weighted by atomic mass is 10.5. The molecule has 65 valence electrons. The summed E-state index contributed by atoms with van der Waals surface area (Å²) in [5, 5.41) is 0. The summed E-state index contributed by atoms with van der Waals surface area (Å²) in [7, 11) is 0. The lowest BCUT2D eigenvalue weighted by molar-refractivity contribution is 0.0375. The highest BCUT2D eigenvalue weighted by atomic mass is 16.5. The molecule has 1 radical (unpaired) electrons. The van der Waals surface area contributed by atoms with E-state index in [0.29, 0.717) is 26.4 Å². The van der Waals surface area contributed by atoms with E-state index in [0.717, 1.165) is 0 Å². The first-order valence-corrected chi connectivity index (χ1v) is 3.58. The molecule has 0 aliphatic rings. The standard InChI is InChI=1S/C7H14NO3/c1-7(6-9)11-5-4-10-3-2-8/h7H,2-5,8H2,1H3. The van der Waals surface area contributed by atoms with Crippen LogP contribution in [0.3, 0.4) is 0 Å². The van der Waals surface area contributed by atoms with Crippen LogP contribution in [0.25, 0.3) is 0 Å². The van der Waals surface area contributed by atoms with Gasteiger partial charge in [0.25, 0.3) is 0 Å². The molecule has 0 aromatic rings. The molecular formula is C7H14NO3. The maximum absolute atomic E-state index is 9.91. The van der Waals surface area contributed by atoms with E-state index in [4.69, 9.17) is 15.2 Å². The SMILES string of the molecule is CC([C]=O)OCCOCCN. The average molecular weight is 160 g/mol. The number of rotatable bonds is 7. The highest BCUT2D eigenvalue weighted by Crippen LogP contribution is 1.84. The minimum absolute atomic E-state index is 0.413. The molecule has 0 aliphatic heterocycles. The normalized spacial score (nSPS) is 12.9. The van der Waals surface area contributed by atoms with Crippen molar-refractivity contribution in [2.75, 3.05) is 26.4 Å². The molecule has 4 heteroatoms. The van der Waals surface area contributed by atoms with E-state index < -0.39 is 6.10 Å².